The van der Waals surface area contributed by atoms with Crippen molar-refractivity contribution in [3.63, 3.8) is 0 Å². The summed E-state index contributed by atoms with van der Waals surface area (Å²) in [5.41, 5.74) is 0. The summed E-state index contributed by atoms with van der Waals surface area (Å²) in [7, 11) is -3.67. The Balaban J connectivity index is 1.95. The molecule has 0 radical (unpaired) electrons. The van der Waals surface area contributed by atoms with E-state index in [0.29, 0.717) is 0 Å². The molecule has 2 unspecified atom stereocenters. The maximum Gasteiger partial charge on any atom is 0.472 e. The molecule has 1 aliphatic heterocycles. The van der Waals surface area contributed by atoms with Gasteiger partial charge in [0.15, 0.2) is 0 Å². The molecular formula is C10H21O4P. The third-order valence-corrected chi connectivity index (χ3v) is 3.63. The van der Waals surface area contributed by atoms with E-state index in [2.05, 4.69) is 11.4 Å². The number of unbranched alkanes of at least 4 members (excludes halogenated alkanes) is 5. The summed E-state index contributed by atoms with van der Waals surface area (Å²) in [4.78, 5) is 8.95. The Morgan fingerprint density at radius 1 is 1.27 bits per heavy atom. The third kappa shape index (κ3) is 5.67. The molecule has 4 nitrogen and oxygen atoms in total. The Morgan fingerprint density at radius 2 is 1.93 bits per heavy atom. The van der Waals surface area contributed by atoms with Crippen LogP contribution in [-0.4, -0.2) is 17.6 Å². The SMILES string of the molecule is CCCCCCCCC1COP(=O)(O)O1. The van der Waals surface area contributed by atoms with Gasteiger partial charge in [-0.25, -0.2) is 4.57 Å². The lowest BCUT2D eigenvalue weighted by Gasteiger charge is -2.06. The van der Waals surface area contributed by atoms with Crippen LogP contribution in [0.15, 0.2) is 0 Å². The van der Waals surface area contributed by atoms with Crippen LogP contribution in [0.2, 0.25) is 0 Å². The topological polar surface area (TPSA) is 55.8 Å². The first-order chi connectivity index (χ1) is 7.14. The minimum Gasteiger partial charge on any atom is -0.302 e. The van der Waals surface area contributed by atoms with Crippen molar-refractivity contribution in [2.75, 3.05) is 6.61 Å². The van der Waals surface area contributed by atoms with E-state index >= 15 is 0 Å². The molecule has 90 valence electrons. The van der Waals surface area contributed by atoms with Gasteiger partial charge in [0.05, 0.1) is 12.7 Å². The highest BCUT2D eigenvalue weighted by Gasteiger charge is 2.34. The quantitative estimate of drug-likeness (QED) is 0.544. The monoisotopic (exact) mass is 236 g/mol. The van der Waals surface area contributed by atoms with Crippen LogP contribution in [0.4, 0.5) is 0 Å². The smallest absolute Gasteiger partial charge is 0.302 e. The number of hydrogen-bond donors (Lipinski definition) is 1. The second kappa shape index (κ2) is 6.64. The fourth-order valence-electron chi connectivity index (χ4n) is 1.71. The van der Waals surface area contributed by atoms with E-state index in [1.807, 2.05) is 0 Å². The second-order valence-electron chi connectivity index (χ2n) is 4.05. The van der Waals surface area contributed by atoms with E-state index in [1.165, 1.54) is 32.1 Å². The zero-order chi connectivity index (χ0) is 11.1. The van der Waals surface area contributed by atoms with Crippen LogP contribution in [0, 0.1) is 0 Å². The number of rotatable bonds is 7. The summed E-state index contributed by atoms with van der Waals surface area (Å²) in [6.45, 7) is 2.46. The molecule has 0 aromatic carbocycles. The highest BCUT2D eigenvalue weighted by atomic mass is 31.2. The second-order valence-corrected chi connectivity index (χ2v) is 5.45. The minimum atomic E-state index is -3.67. The van der Waals surface area contributed by atoms with E-state index in [9.17, 15) is 4.57 Å². The summed E-state index contributed by atoms with van der Waals surface area (Å²) in [5.74, 6) is 0. The van der Waals surface area contributed by atoms with Crippen LogP contribution in [0.5, 0.6) is 0 Å². The first kappa shape index (κ1) is 13.2. The van der Waals surface area contributed by atoms with Crippen molar-refractivity contribution < 1.29 is 18.5 Å². The molecule has 0 aromatic heterocycles. The van der Waals surface area contributed by atoms with Crippen LogP contribution in [0.3, 0.4) is 0 Å². The summed E-state index contributed by atoms with van der Waals surface area (Å²) in [6.07, 6.45) is 7.98. The van der Waals surface area contributed by atoms with Crippen molar-refractivity contribution in [2.45, 2.75) is 58.0 Å². The maximum absolute atomic E-state index is 10.9. The minimum absolute atomic E-state index is 0.174. The van der Waals surface area contributed by atoms with Gasteiger partial charge in [-0.3, -0.25) is 9.05 Å². The van der Waals surface area contributed by atoms with Gasteiger partial charge in [-0.1, -0.05) is 45.4 Å². The van der Waals surface area contributed by atoms with Crippen molar-refractivity contribution in [1.29, 1.82) is 0 Å². The molecule has 1 fully saturated rings. The zero-order valence-electron chi connectivity index (χ0n) is 9.35. The Labute approximate surface area is 91.6 Å². The van der Waals surface area contributed by atoms with Gasteiger partial charge in [0, 0.05) is 0 Å². The van der Waals surface area contributed by atoms with Crippen LogP contribution >= 0.6 is 7.82 Å². The van der Waals surface area contributed by atoms with Gasteiger partial charge in [0.1, 0.15) is 0 Å². The summed E-state index contributed by atoms with van der Waals surface area (Å²) in [5, 5.41) is 0. The molecular weight excluding hydrogens is 215 g/mol. The van der Waals surface area contributed by atoms with Crippen molar-refractivity contribution in [2.24, 2.45) is 0 Å². The largest absolute Gasteiger partial charge is 0.472 e. The predicted octanol–water partition coefficient (Wildman–Crippen LogP) is 3.25. The molecule has 1 rings (SSSR count). The average molecular weight is 236 g/mol. The third-order valence-electron chi connectivity index (χ3n) is 2.59. The number of phosphoric ester groups is 1. The fourth-order valence-corrected chi connectivity index (χ4v) is 2.67. The van der Waals surface area contributed by atoms with E-state index < -0.39 is 7.82 Å². The van der Waals surface area contributed by atoms with Crippen LogP contribution in [-0.2, 0) is 13.6 Å². The first-order valence-electron chi connectivity index (χ1n) is 5.80. The molecule has 5 heteroatoms. The lowest BCUT2D eigenvalue weighted by atomic mass is 10.1. The molecule has 0 amide bonds. The molecule has 0 spiro atoms. The van der Waals surface area contributed by atoms with E-state index in [4.69, 9.17) is 9.42 Å². The lowest BCUT2D eigenvalue weighted by molar-refractivity contribution is 0.201. The summed E-state index contributed by atoms with van der Waals surface area (Å²) in [6, 6.07) is 0. The van der Waals surface area contributed by atoms with Gasteiger partial charge in [-0.15, -0.1) is 0 Å². The predicted molar refractivity (Wildman–Crippen MR) is 58.6 cm³/mol. The lowest BCUT2D eigenvalue weighted by Crippen LogP contribution is -2.08. The molecule has 0 saturated carbocycles. The Bertz CT molecular complexity index is 219. The van der Waals surface area contributed by atoms with E-state index in [1.54, 1.807) is 0 Å². The Morgan fingerprint density at radius 3 is 2.53 bits per heavy atom. The van der Waals surface area contributed by atoms with Gasteiger partial charge >= 0.3 is 7.82 Å². The number of hydrogen-bond acceptors (Lipinski definition) is 3. The molecule has 1 saturated heterocycles. The van der Waals surface area contributed by atoms with Crippen molar-refractivity contribution >= 4 is 7.82 Å². The highest BCUT2D eigenvalue weighted by Crippen LogP contribution is 2.50. The summed E-state index contributed by atoms with van der Waals surface area (Å²) >= 11 is 0. The van der Waals surface area contributed by atoms with Crippen molar-refractivity contribution in [3.8, 4) is 0 Å². The van der Waals surface area contributed by atoms with E-state index in [0.717, 1.165) is 12.8 Å². The van der Waals surface area contributed by atoms with Crippen LogP contribution in [0.25, 0.3) is 0 Å². The molecule has 0 bridgehead atoms. The van der Waals surface area contributed by atoms with Gasteiger partial charge in [0.25, 0.3) is 0 Å². The molecule has 0 aromatic rings. The van der Waals surface area contributed by atoms with Gasteiger partial charge < -0.3 is 4.89 Å². The Hall–Kier alpha value is 0.110. The van der Waals surface area contributed by atoms with Gasteiger partial charge in [-0.2, -0.15) is 0 Å². The zero-order valence-corrected chi connectivity index (χ0v) is 10.2. The fraction of sp³-hybridized carbons (Fsp3) is 1.00. The molecule has 1 aliphatic rings. The van der Waals surface area contributed by atoms with Crippen LogP contribution < -0.4 is 0 Å². The average Bonchev–Trinajstić information content (AvgIpc) is 2.52. The standard InChI is InChI=1S/C10H21O4P/c1-2-3-4-5-6-7-8-10-9-13-15(11,12)14-10/h10H,2-9H2,1H3,(H,11,12). The Kier molecular flexibility index (Phi) is 5.83. The first-order valence-corrected chi connectivity index (χ1v) is 7.29. The van der Waals surface area contributed by atoms with Crippen LogP contribution in [0.1, 0.15) is 51.9 Å². The summed E-state index contributed by atoms with van der Waals surface area (Å²) < 4.78 is 20.4. The van der Waals surface area contributed by atoms with Gasteiger partial charge in [0.2, 0.25) is 0 Å². The molecule has 2 atom stereocenters. The molecule has 15 heavy (non-hydrogen) atoms. The number of phosphoric acid groups is 1. The van der Waals surface area contributed by atoms with Crippen molar-refractivity contribution in [1.82, 2.24) is 0 Å². The molecule has 1 heterocycles. The van der Waals surface area contributed by atoms with Gasteiger partial charge in [-0.05, 0) is 6.42 Å². The maximum atomic E-state index is 10.9. The molecule has 1 N–H and O–H groups in total. The normalized spacial score (nSPS) is 30.9. The molecule has 0 aliphatic carbocycles. The highest BCUT2D eigenvalue weighted by molar-refractivity contribution is 7.47. The van der Waals surface area contributed by atoms with Crippen molar-refractivity contribution in [3.05, 3.63) is 0 Å². The van der Waals surface area contributed by atoms with E-state index in [-0.39, 0.29) is 12.7 Å².